The number of methoxy groups -OCH3 is 2. The molecule has 236 valence electrons. The Kier molecular flexibility index (Phi) is 11.5. The molecule has 4 aromatic carbocycles. The van der Waals surface area contributed by atoms with Gasteiger partial charge in [-0.1, -0.05) is 52.3 Å². The summed E-state index contributed by atoms with van der Waals surface area (Å²) in [5, 5.41) is 11.6. The van der Waals surface area contributed by atoms with E-state index in [1.807, 2.05) is 41.4 Å². The number of carbonyl (C=O) groups excluding carboxylic acids is 1. The van der Waals surface area contributed by atoms with Crippen LogP contribution in [-0.4, -0.2) is 44.7 Å². The molecule has 4 aromatic rings. The molecule has 1 fully saturated rings. The highest BCUT2D eigenvalue weighted by molar-refractivity contribution is 9.10. The molecule has 45 heavy (non-hydrogen) atoms. The number of anilines is 3. The van der Waals surface area contributed by atoms with Gasteiger partial charge in [0.15, 0.2) is 0 Å². The van der Waals surface area contributed by atoms with Crippen LogP contribution in [0.3, 0.4) is 0 Å². The molecular formula is C35H37BrClN3O5. The van der Waals surface area contributed by atoms with Gasteiger partial charge in [0.1, 0.15) is 29.4 Å². The number of piperidine rings is 1. The van der Waals surface area contributed by atoms with E-state index in [1.54, 1.807) is 13.2 Å². The largest absolute Gasteiger partial charge is 0.497 e. The molecule has 1 aliphatic rings. The molecule has 0 spiro atoms. The van der Waals surface area contributed by atoms with Crippen LogP contribution in [0, 0.1) is 6.92 Å². The SMILES string of the molecule is COc1ccc(-c2ccc(N(NC(C=O)c3cc(OC)c(C(=O)O)cc3Br)c3c(C)cccc3N3CCCCC3)cc2)cc1.Cl. The fraction of sp³-hybridized carbons (Fsp3) is 0.257. The Morgan fingerprint density at radius 2 is 1.60 bits per heavy atom. The number of ether oxygens (including phenoxy) is 2. The lowest BCUT2D eigenvalue weighted by Crippen LogP contribution is -2.40. The number of aryl methyl sites for hydroxylation is 1. The summed E-state index contributed by atoms with van der Waals surface area (Å²) in [7, 11) is 3.06. The van der Waals surface area contributed by atoms with Gasteiger partial charge in [-0.25, -0.2) is 10.2 Å². The first-order valence-electron chi connectivity index (χ1n) is 14.6. The van der Waals surface area contributed by atoms with Crippen LogP contribution in [0.5, 0.6) is 11.5 Å². The lowest BCUT2D eigenvalue weighted by Gasteiger charge is -2.37. The number of carbonyl (C=O) groups is 2. The number of aldehydes is 1. The maximum absolute atomic E-state index is 12.7. The summed E-state index contributed by atoms with van der Waals surface area (Å²) in [5.74, 6) is -0.149. The number of nitrogens with zero attached hydrogens (tertiary/aromatic N) is 2. The van der Waals surface area contributed by atoms with Crippen molar-refractivity contribution in [1.82, 2.24) is 5.43 Å². The molecule has 10 heteroatoms. The van der Waals surface area contributed by atoms with E-state index in [1.165, 1.54) is 19.6 Å². The van der Waals surface area contributed by atoms with Crippen LogP contribution in [0.4, 0.5) is 17.1 Å². The number of carboxylic acid groups (broad SMARTS) is 1. The number of benzene rings is 4. The first-order valence-corrected chi connectivity index (χ1v) is 15.3. The number of hydrogen-bond donors (Lipinski definition) is 2. The van der Waals surface area contributed by atoms with E-state index in [-0.39, 0.29) is 23.7 Å². The second-order valence-corrected chi connectivity index (χ2v) is 11.6. The van der Waals surface area contributed by atoms with Crippen molar-refractivity contribution in [2.75, 3.05) is 37.2 Å². The first-order chi connectivity index (χ1) is 21.3. The Balaban J connectivity index is 0.00000461. The van der Waals surface area contributed by atoms with Crippen molar-refractivity contribution in [2.45, 2.75) is 32.2 Å². The third-order valence-electron chi connectivity index (χ3n) is 7.97. The van der Waals surface area contributed by atoms with E-state index in [2.05, 4.69) is 63.5 Å². The van der Waals surface area contributed by atoms with Gasteiger partial charge >= 0.3 is 5.97 Å². The van der Waals surface area contributed by atoms with Gasteiger partial charge in [0, 0.05) is 17.6 Å². The molecule has 2 N–H and O–H groups in total. The maximum atomic E-state index is 12.7. The number of hydrogen-bond acceptors (Lipinski definition) is 7. The monoisotopic (exact) mass is 693 g/mol. The van der Waals surface area contributed by atoms with Crippen LogP contribution >= 0.6 is 28.3 Å². The van der Waals surface area contributed by atoms with Crippen LogP contribution < -0.4 is 24.8 Å². The molecule has 1 heterocycles. The molecule has 1 atom stereocenters. The first kappa shape index (κ1) is 33.8. The van der Waals surface area contributed by atoms with Gasteiger partial charge in [-0.15, -0.1) is 12.4 Å². The van der Waals surface area contributed by atoms with Crippen LogP contribution in [0.1, 0.15) is 46.8 Å². The van der Waals surface area contributed by atoms with Gasteiger partial charge in [0.25, 0.3) is 0 Å². The molecule has 5 rings (SSSR count). The Hall–Kier alpha value is -4.05. The van der Waals surface area contributed by atoms with Crippen LogP contribution in [0.2, 0.25) is 0 Å². The van der Waals surface area contributed by atoms with E-state index >= 15 is 0 Å². The Morgan fingerprint density at radius 1 is 0.956 bits per heavy atom. The molecule has 0 bridgehead atoms. The Bertz CT molecular complexity index is 1630. The fourth-order valence-corrected chi connectivity index (χ4v) is 6.22. The minimum absolute atomic E-state index is 0. The van der Waals surface area contributed by atoms with Crippen molar-refractivity contribution in [3.8, 4) is 22.6 Å². The second-order valence-electron chi connectivity index (χ2n) is 10.7. The smallest absolute Gasteiger partial charge is 0.339 e. The highest BCUT2D eigenvalue weighted by Gasteiger charge is 2.26. The summed E-state index contributed by atoms with van der Waals surface area (Å²) in [6.45, 7) is 3.98. The predicted octanol–water partition coefficient (Wildman–Crippen LogP) is 8.13. The molecule has 0 aromatic heterocycles. The third kappa shape index (κ3) is 7.44. The highest BCUT2D eigenvalue weighted by atomic mass is 79.9. The number of nitrogens with one attached hydrogen (secondary N) is 1. The van der Waals surface area contributed by atoms with Crippen molar-refractivity contribution in [2.24, 2.45) is 0 Å². The van der Waals surface area contributed by atoms with Crippen LogP contribution in [0.15, 0.2) is 83.3 Å². The summed E-state index contributed by atoms with van der Waals surface area (Å²) < 4.78 is 11.2. The van der Waals surface area contributed by atoms with Crippen LogP contribution in [-0.2, 0) is 4.79 Å². The standard InChI is InChI=1S/C35H36BrN3O5.ClH/c1-23-8-7-9-32(38-18-5-4-6-19-38)34(23)39(26-14-10-24(11-15-26)25-12-16-27(43-2)17-13-25)37-31(22-40)28-21-33(44-3)29(35(41)42)20-30(28)36;/h7-17,20-22,31,37H,4-6,18-19H2,1-3H3,(H,41,42);1H. The number of aromatic carboxylic acids is 1. The average molecular weight is 695 g/mol. The topological polar surface area (TPSA) is 91.3 Å². The van der Waals surface area contributed by atoms with Crippen LogP contribution in [0.25, 0.3) is 11.1 Å². The predicted molar refractivity (Wildman–Crippen MR) is 185 cm³/mol. The minimum Gasteiger partial charge on any atom is -0.497 e. The molecule has 1 unspecified atom stereocenters. The quantitative estimate of drug-likeness (QED) is 0.120. The number of hydrazine groups is 1. The molecule has 0 radical (unpaired) electrons. The van der Waals surface area contributed by atoms with Crippen molar-refractivity contribution < 1.29 is 24.2 Å². The lowest BCUT2D eigenvalue weighted by atomic mass is 10.0. The second kappa shape index (κ2) is 15.3. The van der Waals surface area contributed by atoms with E-state index in [4.69, 9.17) is 9.47 Å². The van der Waals surface area contributed by atoms with E-state index in [0.717, 1.165) is 71.7 Å². The maximum Gasteiger partial charge on any atom is 0.339 e. The number of halogens is 2. The fourth-order valence-electron chi connectivity index (χ4n) is 5.63. The molecule has 0 amide bonds. The normalized spacial score (nSPS) is 13.4. The zero-order valence-corrected chi connectivity index (χ0v) is 27.9. The van der Waals surface area contributed by atoms with Gasteiger partial charge in [0.05, 0.1) is 31.3 Å². The molecular weight excluding hydrogens is 658 g/mol. The van der Waals surface area contributed by atoms with E-state index in [9.17, 15) is 14.7 Å². The summed E-state index contributed by atoms with van der Waals surface area (Å²) in [6.07, 6.45) is 4.27. The summed E-state index contributed by atoms with van der Waals surface area (Å²) in [6, 6.07) is 24.6. The third-order valence-corrected chi connectivity index (χ3v) is 8.66. The van der Waals surface area contributed by atoms with Crippen molar-refractivity contribution in [1.29, 1.82) is 0 Å². The summed E-state index contributed by atoms with van der Waals surface area (Å²) in [4.78, 5) is 27.0. The average Bonchev–Trinajstić information content (AvgIpc) is 3.06. The van der Waals surface area contributed by atoms with Gasteiger partial charge in [-0.3, -0.25) is 5.01 Å². The van der Waals surface area contributed by atoms with Gasteiger partial charge < -0.3 is 24.3 Å². The summed E-state index contributed by atoms with van der Waals surface area (Å²) >= 11 is 3.51. The zero-order chi connectivity index (χ0) is 31.2. The van der Waals surface area contributed by atoms with Crippen molar-refractivity contribution >= 4 is 57.7 Å². The zero-order valence-electron chi connectivity index (χ0n) is 25.5. The van der Waals surface area contributed by atoms with Gasteiger partial charge in [0.2, 0.25) is 0 Å². The number of rotatable bonds is 11. The molecule has 0 aliphatic carbocycles. The Morgan fingerprint density at radius 3 is 2.18 bits per heavy atom. The van der Waals surface area contributed by atoms with E-state index in [0.29, 0.717) is 10.0 Å². The number of carboxylic acids is 1. The van der Waals surface area contributed by atoms with Gasteiger partial charge in [-0.05, 0) is 90.9 Å². The minimum atomic E-state index is -1.12. The Labute approximate surface area is 278 Å². The summed E-state index contributed by atoms with van der Waals surface area (Å²) in [5.41, 5.74) is 10.0. The van der Waals surface area contributed by atoms with E-state index < -0.39 is 12.0 Å². The molecule has 0 saturated carbocycles. The highest BCUT2D eigenvalue weighted by Crippen LogP contribution is 2.40. The number of para-hydroxylation sites is 1. The molecule has 1 aliphatic heterocycles. The lowest BCUT2D eigenvalue weighted by molar-refractivity contribution is -0.109. The van der Waals surface area contributed by atoms with Gasteiger partial charge in [-0.2, -0.15) is 0 Å². The molecule has 1 saturated heterocycles. The molecule has 8 nitrogen and oxygen atoms in total. The van der Waals surface area contributed by atoms with Crippen molar-refractivity contribution in [3.63, 3.8) is 0 Å². The van der Waals surface area contributed by atoms with Crippen molar-refractivity contribution in [3.05, 3.63) is 100 Å².